The molecule has 13 heavy (non-hydrogen) atoms. The molecule has 0 aliphatic rings. The molecule has 0 saturated carbocycles. The second kappa shape index (κ2) is 9.11. The van der Waals surface area contributed by atoms with Gasteiger partial charge in [0, 0.05) is 5.70 Å². The summed E-state index contributed by atoms with van der Waals surface area (Å²) in [5.74, 6) is 0. The normalized spacial score (nSPS) is 13.2. The SMILES string of the molecule is CC=CC(N)=CC=CCCCCC. The van der Waals surface area contributed by atoms with Crippen molar-refractivity contribution in [3.05, 3.63) is 36.1 Å². The molecule has 0 aromatic carbocycles. The van der Waals surface area contributed by atoms with E-state index >= 15 is 0 Å². The molecule has 0 heterocycles. The van der Waals surface area contributed by atoms with E-state index in [2.05, 4.69) is 13.0 Å². The molecule has 0 amide bonds. The molecule has 0 aliphatic heterocycles. The molecule has 0 radical (unpaired) electrons. The third kappa shape index (κ3) is 8.93. The van der Waals surface area contributed by atoms with Gasteiger partial charge in [0.25, 0.3) is 0 Å². The summed E-state index contributed by atoms with van der Waals surface area (Å²) in [6.45, 7) is 4.18. The van der Waals surface area contributed by atoms with Crippen molar-refractivity contribution in [2.75, 3.05) is 0 Å². The monoisotopic (exact) mass is 179 g/mol. The number of allylic oxidation sites excluding steroid dienone is 5. The van der Waals surface area contributed by atoms with E-state index in [4.69, 9.17) is 5.73 Å². The van der Waals surface area contributed by atoms with Crippen LogP contribution >= 0.6 is 0 Å². The maximum Gasteiger partial charge on any atom is 0.0310 e. The van der Waals surface area contributed by atoms with E-state index in [1.54, 1.807) is 0 Å². The van der Waals surface area contributed by atoms with E-state index in [-0.39, 0.29) is 0 Å². The zero-order valence-corrected chi connectivity index (χ0v) is 8.79. The summed E-state index contributed by atoms with van der Waals surface area (Å²) in [6.07, 6.45) is 15.0. The summed E-state index contributed by atoms with van der Waals surface area (Å²) in [4.78, 5) is 0. The second-order valence-electron chi connectivity index (χ2n) is 3.09. The molecule has 0 spiro atoms. The van der Waals surface area contributed by atoms with Crippen LogP contribution in [0.3, 0.4) is 0 Å². The van der Waals surface area contributed by atoms with Crippen LogP contribution in [0, 0.1) is 0 Å². The lowest BCUT2D eigenvalue weighted by Gasteiger charge is -1.91. The van der Waals surface area contributed by atoms with Crippen LogP contribution in [0.25, 0.3) is 0 Å². The molecule has 0 aliphatic carbocycles. The van der Waals surface area contributed by atoms with Crippen LogP contribution in [0.2, 0.25) is 0 Å². The van der Waals surface area contributed by atoms with E-state index in [9.17, 15) is 0 Å². The quantitative estimate of drug-likeness (QED) is 0.490. The van der Waals surface area contributed by atoms with Crippen molar-refractivity contribution in [2.45, 2.75) is 39.5 Å². The van der Waals surface area contributed by atoms with Gasteiger partial charge in [-0.1, -0.05) is 38.0 Å². The third-order valence-electron chi connectivity index (χ3n) is 1.76. The number of nitrogens with two attached hydrogens (primary N) is 1. The lowest BCUT2D eigenvalue weighted by Crippen LogP contribution is -1.90. The van der Waals surface area contributed by atoms with E-state index in [0.717, 1.165) is 12.1 Å². The first kappa shape index (κ1) is 12.0. The fraction of sp³-hybridized carbons (Fsp3) is 0.500. The predicted octanol–water partition coefficient (Wildman–Crippen LogP) is 3.54. The van der Waals surface area contributed by atoms with Gasteiger partial charge in [-0.3, -0.25) is 0 Å². The summed E-state index contributed by atoms with van der Waals surface area (Å²) >= 11 is 0. The fourth-order valence-electron chi connectivity index (χ4n) is 1.04. The van der Waals surface area contributed by atoms with Gasteiger partial charge in [-0.05, 0) is 31.9 Å². The van der Waals surface area contributed by atoms with E-state index in [1.807, 2.05) is 31.2 Å². The molecule has 0 bridgehead atoms. The lowest BCUT2D eigenvalue weighted by molar-refractivity contribution is 0.729. The van der Waals surface area contributed by atoms with Gasteiger partial charge in [-0.2, -0.15) is 0 Å². The molecule has 0 atom stereocenters. The molecule has 0 unspecified atom stereocenters. The molecular weight excluding hydrogens is 158 g/mol. The Morgan fingerprint density at radius 1 is 1.31 bits per heavy atom. The van der Waals surface area contributed by atoms with Crippen LogP contribution in [-0.2, 0) is 0 Å². The second-order valence-corrected chi connectivity index (χ2v) is 3.09. The Labute approximate surface area is 82.0 Å². The van der Waals surface area contributed by atoms with Gasteiger partial charge < -0.3 is 5.73 Å². The summed E-state index contributed by atoms with van der Waals surface area (Å²) in [5.41, 5.74) is 6.46. The van der Waals surface area contributed by atoms with Crippen LogP contribution in [0.15, 0.2) is 36.1 Å². The highest BCUT2D eigenvalue weighted by molar-refractivity contribution is 5.19. The van der Waals surface area contributed by atoms with Crippen molar-refractivity contribution >= 4 is 0 Å². The Kier molecular flexibility index (Phi) is 8.42. The third-order valence-corrected chi connectivity index (χ3v) is 1.76. The van der Waals surface area contributed by atoms with Gasteiger partial charge in [-0.25, -0.2) is 0 Å². The van der Waals surface area contributed by atoms with Gasteiger partial charge in [0.2, 0.25) is 0 Å². The van der Waals surface area contributed by atoms with Crippen molar-refractivity contribution in [3.8, 4) is 0 Å². The summed E-state index contributed by atoms with van der Waals surface area (Å²) in [5, 5.41) is 0. The highest BCUT2D eigenvalue weighted by Crippen LogP contribution is 1.99. The molecular formula is C12H21N. The Balaban J connectivity index is 3.55. The summed E-state index contributed by atoms with van der Waals surface area (Å²) in [6, 6.07) is 0. The molecule has 1 heteroatoms. The highest BCUT2D eigenvalue weighted by Gasteiger charge is 1.80. The lowest BCUT2D eigenvalue weighted by atomic mass is 10.2. The van der Waals surface area contributed by atoms with Crippen molar-refractivity contribution in [1.29, 1.82) is 0 Å². The van der Waals surface area contributed by atoms with Crippen molar-refractivity contribution in [2.24, 2.45) is 5.73 Å². The number of unbranched alkanes of at least 4 members (excludes halogenated alkanes) is 3. The van der Waals surface area contributed by atoms with Crippen LogP contribution < -0.4 is 5.73 Å². The largest absolute Gasteiger partial charge is 0.399 e. The minimum Gasteiger partial charge on any atom is -0.399 e. The molecule has 0 aromatic heterocycles. The maximum atomic E-state index is 5.65. The standard InChI is InChI=1S/C12H21N/c1-3-5-6-7-8-9-11-12(13)10-4-2/h4,8-11H,3,5-7,13H2,1-2H3. The van der Waals surface area contributed by atoms with Gasteiger partial charge in [-0.15, -0.1) is 0 Å². The highest BCUT2D eigenvalue weighted by atomic mass is 14.5. The molecule has 74 valence electrons. The first-order valence-corrected chi connectivity index (χ1v) is 5.06. The van der Waals surface area contributed by atoms with Gasteiger partial charge in [0.05, 0.1) is 0 Å². The minimum atomic E-state index is 0.814. The van der Waals surface area contributed by atoms with Crippen molar-refractivity contribution in [3.63, 3.8) is 0 Å². The van der Waals surface area contributed by atoms with Crippen molar-refractivity contribution in [1.82, 2.24) is 0 Å². The Bertz CT molecular complexity index is 187. The Hall–Kier alpha value is -0.980. The van der Waals surface area contributed by atoms with Crippen LogP contribution in [0.4, 0.5) is 0 Å². The summed E-state index contributed by atoms with van der Waals surface area (Å²) < 4.78 is 0. The first-order valence-electron chi connectivity index (χ1n) is 5.06. The van der Waals surface area contributed by atoms with Gasteiger partial charge >= 0.3 is 0 Å². The maximum absolute atomic E-state index is 5.65. The smallest absolute Gasteiger partial charge is 0.0310 e. The van der Waals surface area contributed by atoms with E-state index in [1.165, 1.54) is 19.3 Å². The molecule has 0 rings (SSSR count). The predicted molar refractivity (Wildman–Crippen MR) is 60.4 cm³/mol. The van der Waals surface area contributed by atoms with Crippen molar-refractivity contribution < 1.29 is 0 Å². The average molecular weight is 179 g/mol. The average Bonchev–Trinajstić information content (AvgIpc) is 2.11. The zero-order valence-electron chi connectivity index (χ0n) is 8.79. The Morgan fingerprint density at radius 2 is 2.08 bits per heavy atom. The van der Waals surface area contributed by atoms with E-state index < -0.39 is 0 Å². The Morgan fingerprint density at radius 3 is 2.69 bits per heavy atom. The molecule has 2 N–H and O–H groups in total. The first-order chi connectivity index (χ1) is 6.31. The number of rotatable bonds is 6. The van der Waals surface area contributed by atoms with Crippen LogP contribution in [0.5, 0.6) is 0 Å². The van der Waals surface area contributed by atoms with E-state index in [0.29, 0.717) is 0 Å². The molecule has 0 saturated heterocycles. The molecule has 0 fully saturated rings. The molecule has 0 aromatic rings. The number of hydrogen-bond acceptors (Lipinski definition) is 1. The zero-order chi connectivity index (χ0) is 9.94. The fourth-order valence-corrected chi connectivity index (χ4v) is 1.04. The van der Waals surface area contributed by atoms with Gasteiger partial charge in [0.1, 0.15) is 0 Å². The summed E-state index contributed by atoms with van der Waals surface area (Å²) in [7, 11) is 0. The van der Waals surface area contributed by atoms with Gasteiger partial charge in [0.15, 0.2) is 0 Å². The number of hydrogen-bond donors (Lipinski definition) is 1. The molecule has 1 nitrogen and oxygen atoms in total. The van der Waals surface area contributed by atoms with Crippen LogP contribution in [-0.4, -0.2) is 0 Å². The minimum absolute atomic E-state index is 0.814. The topological polar surface area (TPSA) is 26.0 Å². The van der Waals surface area contributed by atoms with Crippen LogP contribution in [0.1, 0.15) is 39.5 Å².